The minimum absolute atomic E-state index is 0.143. The minimum Gasteiger partial charge on any atom is -0.380 e. The van der Waals surface area contributed by atoms with Crippen molar-refractivity contribution in [2.75, 3.05) is 53.4 Å². The lowest BCUT2D eigenvalue weighted by Crippen LogP contribution is -2.45. The van der Waals surface area contributed by atoms with Gasteiger partial charge in [0.15, 0.2) is 0 Å². The van der Waals surface area contributed by atoms with Gasteiger partial charge >= 0.3 is 0 Å². The molecule has 0 saturated carbocycles. The lowest BCUT2D eigenvalue weighted by atomic mass is 10.1. The quantitative estimate of drug-likeness (QED) is 0.751. The van der Waals surface area contributed by atoms with Gasteiger partial charge in [-0.2, -0.15) is 0 Å². The summed E-state index contributed by atoms with van der Waals surface area (Å²) in [5, 5.41) is 3.48. The highest BCUT2D eigenvalue weighted by molar-refractivity contribution is 7.21. The van der Waals surface area contributed by atoms with Crippen LogP contribution in [0.1, 0.15) is 21.7 Å². The van der Waals surface area contributed by atoms with Crippen molar-refractivity contribution in [1.29, 1.82) is 0 Å². The summed E-state index contributed by atoms with van der Waals surface area (Å²) in [5.74, 6) is -0.448. The highest BCUT2D eigenvalue weighted by atomic mass is 32.1. The molecule has 1 fully saturated rings. The number of halogens is 1. The van der Waals surface area contributed by atoms with Crippen molar-refractivity contribution < 1.29 is 13.9 Å². The number of fused-ring (bicyclic) bond motifs is 1. The van der Waals surface area contributed by atoms with E-state index in [1.807, 2.05) is 6.07 Å². The molecule has 0 spiro atoms. The minimum atomic E-state index is -0.306. The maximum absolute atomic E-state index is 14.2. The van der Waals surface area contributed by atoms with Gasteiger partial charge in [0.1, 0.15) is 5.82 Å². The van der Waals surface area contributed by atoms with E-state index in [-0.39, 0.29) is 18.3 Å². The highest BCUT2D eigenvalue weighted by Crippen LogP contribution is 2.33. The summed E-state index contributed by atoms with van der Waals surface area (Å²) in [4.78, 5) is 17.9. The Hall–Kier alpha value is -1.54. The van der Waals surface area contributed by atoms with E-state index in [0.717, 1.165) is 43.8 Å². The SMILES string of the molecule is COCc1c(C(=O)NCCCN2CCN(C)CC2)sc2cccc(F)c12. The molecule has 1 saturated heterocycles. The fourth-order valence-corrected chi connectivity index (χ4v) is 4.43. The zero-order valence-electron chi connectivity index (χ0n) is 15.4. The van der Waals surface area contributed by atoms with Crippen molar-refractivity contribution >= 4 is 27.3 Å². The standard InChI is InChI=1S/C19H26FN3O2S/c1-22-9-11-23(12-10-22)8-4-7-21-19(24)18-14(13-25-2)17-15(20)5-3-6-16(17)26-18/h3,5-6H,4,7-13H2,1-2H3,(H,21,24). The summed E-state index contributed by atoms with van der Waals surface area (Å²) < 4.78 is 20.2. The molecule has 0 aliphatic carbocycles. The van der Waals surface area contributed by atoms with Gasteiger partial charge in [-0.05, 0) is 32.1 Å². The van der Waals surface area contributed by atoms with Crippen LogP contribution in [0, 0.1) is 5.82 Å². The number of likely N-dealkylation sites (N-methyl/N-ethyl adjacent to an activating group) is 1. The molecular weight excluding hydrogens is 353 g/mol. The molecule has 0 atom stereocenters. The lowest BCUT2D eigenvalue weighted by Gasteiger charge is -2.32. The highest BCUT2D eigenvalue weighted by Gasteiger charge is 2.20. The molecule has 2 aromatic rings. The van der Waals surface area contributed by atoms with Crippen LogP contribution >= 0.6 is 11.3 Å². The van der Waals surface area contributed by atoms with E-state index < -0.39 is 0 Å². The predicted octanol–water partition coefficient (Wildman–Crippen LogP) is 2.55. The Labute approximate surface area is 157 Å². The van der Waals surface area contributed by atoms with E-state index in [1.54, 1.807) is 13.2 Å². The molecule has 0 radical (unpaired) electrons. The number of hydrogen-bond donors (Lipinski definition) is 1. The topological polar surface area (TPSA) is 44.8 Å². The summed E-state index contributed by atoms with van der Waals surface area (Å²) in [5.41, 5.74) is 0.641. The van der Waals surface area contributed by atoms with Gasteiger partial charge in [-0.1, -0.05) is 6.07 Å². The number of hydrogen-bond acceptors (Lipinski definition) is 5. The first kappa shape index (κ1) is 19.2. The largest absolute Gasteiger partial charge is 0.380 e. The van der Waals surface area contributed by atoms with Crippen LogP contribution in [0.3, 0.4) is 0 Å². The lowest BCUT2D eigenvalue weighted by molar-refractivity contribution is 0.0949. The van der Waals surface area contributed by atoms with Crippen LogP contribution in [0.25, 0.3) is 10.1 Å². The van der Waals surface area contributed by atoms with Gasteiger partial charge in [0.25, 0.3) is 5.91 Å². The molecule has 142 valence electrons. The number of nitrogens with one attached hydrogen (secondary N) is 1. The normalized spacial score (nSPS) is 16.3. The van der Waals surface area contributed by atoms with Crippen LogP contribution in [0.15, 0.2) is 18.2 Å². The first-order valence-electron chi connectivity index (χ1n) is 8.98. The summed E-state index contributed by atoms with van der Waals surface area (Å²) in [6.45, 7) is 6.19. The van der Waals surface area contributed by atoms with Gasteiger partial charge in [-0.15, -0.1) is 11.3 Å². The summed E-state index contributed by atoms with van der Waals surface area (Å²) in [7, 11) is 3.70. The third kappa shape index (κ3) is 4.40. The Morgan fingerprint density at radius 2 is 2.08 bits per heavy atom. The van der Waals surface area contributed by atoms with Crippen LogP contribution in [0.2, 0.25) is 0 Å². The van der Waals surface area contributed by atoms with E-state index in [9.17, 15) is 9.18 Å². The van der Waals surface area contributed by atoms with Crippen LogP contribution in [-0.2, 0) is 11.3 Å². The Morgan fingerprint density at radius 1 is 1.31 bits per heavy atom. The Balaban J connectivity index is 1.59. The summed E-state index contributed by atoms with van der Waals surface area (Å²) in [6.07, 6.45) is 0.911. The number of benzene rings is 1. The molecule has 3 rings (SSSR count). The molecule has 5 nitrogen and oxygen atoms in total. The third-order valence-electron chi connectivity index (χ3n) is 4.79. The van der Waals surface area contributed by atoms with Crippen molar-refractivity contribution in [3.63, 3.8) is 0 Å². The molecule has 1 aliphatic rings. The molecule has 0 bridgehead atoms. The fraction of sp³-hybridized carbons (Fsp3) is 0.526. The van der Waals surface area contributed by atoms with Crippen LogP contribution in [-0.4, -0.2) is 69.1 Å². The number of nitrogens with zero attached hydrogens (tertiary/aromatic N) is 2. The molecule has 7 heteroatoms. The maximum atomic E-state index is 14.2. The van der Waals surface area contributed by atoms with Gasteiger partial charge in [0.2, 0.25) is 0 Å². The molecule has 1 amide bonds. The average molecular weight is 380 g/mol. The molecule has 26 heavy (non-hydrogen) atoms. The van der Waals surface area contributed by atoms with Crippen LogP contribution < -0.4 is 5.32 Å². The van der Waals surface area contributed by atoms with E-state index in [2.05, 4.69) is 22.2 Å². The van der Waals surface area contributed by atoms with Gasteiger partial charge in [0.05, 0.1) is 11.5 Å². The fourth-order valence-electron chi connectivity index (χ4n) is 3.29. The smallest absolute Gasteiger partial charge is 0.261 e. The monoisotopic (exact) mass is 379 g/mol. The van der Waals surface area contributed by atoms with Crippen molar-refractivity contribution in [3.8, 4) is 0 Å². The summed E-state index contributed by atoms with van der Waals surface area (Å²) >= 11 is 1.32. The number of ether oxygens (including phenoxy) is 1. The predicted molar refractivity (Wildman–Crippen MR) is 103 cm³/mol. The Kier molecular flexibility index (Phi) is 6.58. The van der Waals surface area contributed by atoms with Crippen molar-refractivity contribution in [2.24, 2.45) is 0 Å². The molecular formula is C19H26FN3O2S. The number of amides is 1. The third-order valence-corrected chi connectivity index (χ3v) is 5.99. The van der Waals surface area contributed by atoms with Crippen molar-refractivity contribution in [1.82, 2.24) is 15.1 Å². The Bertz CT molecular complexity index is 757. The van der Waals surface area contributed by atoms with Gasteiger partial charge in [-0.25, -0.2) is 4.39 Å². The number of carbonyl (C=O) groups excluding carboxylic acids is 1. The second-order valence-corrected chi connectivity index (χ2v) is 7.76. The van der Waals surface area contributed by atoms with Crippen molar-refractivity contribution in [3.05, 3.63) is 34.5 Å². The zero-order chi connectivity index (χ0) is 18.5. The van der Waals surface area contributed by atoms with E-state index >= 15 is 0 Å². The van der Waals surface area contributed by atoms with E-state index in [4.69, 9.17) is 4.74 Å². The molecule has 1 N–H and O–H groups in total. The van der Waals surface area contributed by atoms with E-state index in [1.165, 1.54) is 17.4 Å². The number of methoxy groups -OCH3 is 1. The van der Waals surface area contributed by atoms with Gasteiger partial charge in [-0.3, -0.25) is 4.79 Å². The van der Waals surface area contributed by atoms with Gasteiger partial charge < -0.3 is 19.9 Å². The number of carbonyl (C=O) groups is 1. The molecule has 1 aliphatic heterocycles. The second-order valence-electron chi connectivity index (χ2n) is 6.71. The first-order chi connectivity index (χ1) is 12.6. The summed E-state index contributed by atoms with van der Waals surface area (Å²) in [6, 6.07) is 4.93. The average Bonchev–Trinajstić information content (AvgIpc) is 3.00. The number of thiophene rings is 1. The second kappa shape index (κ2) is 8.90. The number of piperazine rings is 1. The molecule has 0 unspecified atom stereocenters. The van der Waals surface area contributed by atoms with Gasteiger partial charge in [0, 0.05) is 55.5 Å². The molecule has 1 aromatic carbocycles. The van der Waals surface area contributed by atoms with Crippen molar-refractivity contribution in [2.45, 2.75) is 13.0 Å². The molecule has 1 aromatic heterocycles. The van der Waals surface area contributed by atoms with Crippen LogP contribution in [0.4, 0.5) is 4.39 Å². The maximum Gasteiger partial charge on any atom is 0.261 e. The Morgan fingerprint density at radius 3 is 2.81 bits per heavy atom. The van der Waals surface area contributed by atoms with Crippen LogP contribution in [0.5, 0.6) is 0 Å². The first-order valence-corrected chi connectivity index (χ1v) is 9.79. The molecule has 2 heterocycles. The van der Waals surface area contributed by atoms with E-state index in [0.29, 0.717) is 22.4 Å². The zero-order valence-corrected chi connectivity index (χ0v) is 16.2. The number of rotatable bonds is 7.